The summed E-state index contributed by atoms with van der Waals surface area (Å²) >= 11 is -1.72. The third-order valence-corrected chi connectivity index (χ3v) is 5.59. The molecule has 7 nitrogen and oxygen atoms in total. The van der Waals surface area contributed by atoms with E-state index in [4.69, 9.17) is 4.18 Å². The number of hydrogen-bond donors (Lipinski definition) is 1. The van der Waals surface area contributed by atoms with Crippen molar-refractivity contribution in [2.24, 2.45) is 0 Å². The van der Waals surface area contributed by atoms with Gasteiger partial charge in [-0.1, -0.05) is 18.2 Å². The second-order valence-electron chi connectivity index (χ2n) is 6.05. The first kappa shape index (κ1) is 18.9. The largest absolute Gasteiger partial charge is 0.362 e. The van der Waals surface area contributed by atoms with Gasteiger partial charge in [-0.3, -0.25) is 19.3 Å². The van der Waals surface area contributed by atoms with Gasteiger partial charge in [0.25, 0.3) is 5.69 Å². The van der Waals surface area contributed by atoms with Gasteiger partial charge in [0.15, 0.2) is 11.1 Å². The molecule has 0 bridgehead atoms. The fourth-order valence-corrected chi connectivity index (χ4v) is 4.21. The number of non-ortho nitro benzene ring substituents is 1. The standard InChI is InChI=1S/C19H19N3O4S/c1-12-17(16-9-4-5-10-20-16)18(19(13(2)21-12)27(25)26-3)14-7-6-8-15(11-14)22(23)24/h4-11,18,21H,1-3H3. The molecule has 0 fully saturated rings. The molecule has 2 aromatic rings. The number of aromatic nitrogens is 1. The van der Waals surface area contributed by atoms with Crippen LogP contribution in [0.4, 0.5) is 5.69 Å². The van der Waals surface area contributed by atoms with Gasteiger partial charge < -0.3 is 5.32 Å². The zero-order valence-corrected chi connectivity index (χ0v) is 15.9. The maximum Gasteiger partial charge on any atom is 0.269 e. The molecule has 1 aliphatic rings. The van der Waals surface area contributed by atoms with Crippen LogP contribution in [0.5, 0.6) is 0 Å². The molecule has 27 heavy (non-hydrogen) atoms. The highest BCUT2D eigenvalue weighted by Gasteiger charge is 2.34. The van der Waals surface area contributed by atoms with Gasteiger partial charge in [-0.25, -0.2) is 4.21 Å². The molecule has 0 saturated carbocycles. The van der Waals surface area contributed by atoms with Crippen LogP contribution in [0.15, 0.2) is 65.0 Å². The van der Waals surface area contributed by atoms with Gasteiger partial charge in [-0.15, -0.1) is 0 Å². The van der Waals surface area contributed by atoms with Crippen LogP contribution >= 0.6 is 0 Å². The lowest BCUT2D eigenvalue weighted by Crippen LogP contribution is -2.26. The average Bonchev–Trinajstić information content (AvgIpc) is 2.67. The van der Waals surface area contributed by atoms with Gasteiger partial charge in [0.1, 0.15) is 0 Å². The number of rotatable bonds is 5. The highest BCUT2D eigenvalue weighted by molar-refractivity contribution is 7.84. The molecule has 0 aliphatic carbocycles. The molecular formula is C19H19N3O4S. The summed E-state index contributed by atoms with van der Waals surface area (Å²) in [4.78, 5) is 15.8. The molecule has 2 unspecified atom stereocenters. The van der Waals surface area contributed by atoms with Crippen LogP contribution < -0.4 is 5.32 Å². The second-order valence-corrected chi connectivity index (χ2v) is 7.30. The van der Waals surface area contributed by atoms with Crippen molar-refractivity contribution in [3.63, 3.8) is 0 Å². The molecule has 140 valence electrons. The lowest BCUT2D eigenvalue weighted by atomic mass is 9.84. The molecule has 0 saturated heterocycles. The predicted molar refractivity (Wildman–Crippen MR) is 104 cm³/mol. The summed E-state index contributed by atoms with van der Waals surface area (Å²) in [5.41, 5.74) is 3.69. The minimum absolute atomic E-state index is 0.0238. The van der Waals surface area contributed by atoms with Gasteiger partial charge in [0.05, 0.1) is 28.6 Å². The highest BCUT2D eigenvalue weighted by atomic mass is 32.2. The summed E-state index contributed by atoms with van der Waals surface area (Å²) in [6.07, 6.45) is 1.68. The number of nitrogens with one attached hydrogen (secondary N) is 1. The van der Waals surface area contributed by atoms with E-state index < -0.39 is 21.9 Å². The van der Waals surface area contributed by atoms with Crippen LogP contribution in [0, 0.1) is 10.1 Å². The normalized spacial score (nSPS) is 18.3. The summed E-state index contributed by atoms with van der Waals surface area (Å²) in [7, 11) is 1.37. The van der Waals surface area contributed by atoms with E-state index in [-0.39, 0.29) is 5.69 Å². The lowest BCUT2D eigenvalue weighted by molar-refractivity contribution is -0.384. The fraction of sp³-hybridized carbons (Fsp3) is 0.211. The van der Waals surface area contributed by atoms with Crippen LogP contribution in [0.1, 0.15) is 31.0 Å². The first-order valence-corrected chi connectivity index (χ1v) is 9.32. The summed E-state index contributed by atoms with van der Waals surface area (Å²) in [5, 5.41) is 14.5. The molecule has 1 aromatic carbocycles. The molecule has 8 heteroatoms. The van der Waals surface area contributed by atoms with Crippen molar-refractivity contribution in [3.8, 4) is 0 Å². The van der Waals surface area contributed by atoms with E-state index in [0.29, 0.717) is 21.9 Å². The van der Waals surface area contributed by atoms with E-state index in [0.717, 1.165) is 11.3 Å². The van der Waals surface area contributed by atoms with Crippen LogP contribution in [-0.4, -0.2) is 21.2 Å². The number of nitrogens with zero attached hydrogens (tertiary/aromatic N) is 2. The number of hydrogen-bond acceptors (Lipinski definition) is 6. The molecule has 2 atom stereocenters. The van der Waals surface area contributed by atoms with Crippen LogP contribution in [0.25, 0.3) is 5.57 Å². The molecule has 1 aromatic heterocycles. The summed E-state index contributed by atoms with van der Waals surface area (Å²) in [6.45, 7) is 3.72. The van der Waals surface area contributed by atoms with Crippen LogP contribution in [-0.2, 0) is 15.3 Å². The molecular weight excluding hydrogens is 366 g/mol. The van der Waals surface area contributed by atoms with E-state index in [1.165, 1.54) is 19.2 Å². The Bertz CT molecular complexity index is 970. The number of pyridine rings is 1. The average molecular weight is 385 g/mol. The van der Waals surface area contributed by atoms with E-state index >= 15 is 0 Å². The molecule has 2 heterocycles. The van der Waals surface area contributed by atoms with Crippen molar-refractivity contribution >= 4 is 22.3 Å². The fourth-order valence-electron chi connectivity index (χ4n) is 3.28. The highest BCUT2D eigenvalue weighted by Crippen LogP contribution is 2.44. The second kappa shape index (κ2) is 7.81. The topological polar surface area (TPSA) is 94.4 Å². The molecule has 0 radical (unpaired) electrons. The maximum absolute atomic E-state index is 12.7. The monoisotopic (exact) mass is 385 g/mol. The number of allylic oxidation sites excluding steroid dienone is 4. The zero-order chi connectivity index (χ0) is 19.6. The third-order valence-electron chi connectivity index (χ3n) is 4.39. The molecule has 0 amide bonds. The lowest BCUT2D eigenvalue weighted by Gasteiger charge is -2.31. The third kappa shape index (κ3) is 3.67. The van der Waals surface area contributed by atoms with Gasteiger partial charge in [0.2, 0.25) is 0 Å². The van der Waals surface area contributed by atoms with Crippen LogP contribution in [0.2, 0.25) is 0 Å². The van der Waals surface area contributed by atoms with Crippen molar-refractivity contribution in [3.05, 3.63) is 86.3 Å². The molecule has 0 spiro atoms. The Morgan fingerprint density at radius 1 is 1.19 bits per heavy atom. The van der Waals surface area contributed by atoms with Crippen molar-refractivity contribution in [2.45, 2.75) is 19.8 Å². The summed E-state index contributed by atoms with van der Waals surface area (Å²) < 4.78 is 17.8. The van der Waals surface area contributed by atoms with Crippen LogP contribution in [0.3, 0.4) is 0 Å². The Kier molecular flexibility index (Phi) is 5.48. The minimum atomic E-state index is -1.72. The Balaban J connectivity index is 2.26. The smallest absolute Gasteiger partial charge is 0.269 e. The molecule has 3 rings (SSSR count). The zero-order valence-electron chi connectivity index (χ0n) is 15.1. The van der Waals surface area contributed by atoms with Gasteiger partial charge in [0, 0.05) is 35.3 Å². The molecule has 1 aliphatic heterocycles. The van der Waals surface area contributed by atoms with E-state index in [1.807, 2.05) is 32.0 Å². The first-order chi connectivity index (χ1) is 12.9. The summed E-state index contributed by atoms with van der Waals surface area (Å²) in [5.74, 6) is -0.484. The van der Waals surface area contributed by atoms with E-state index in [1.54, 1.807) is 18.3 Å². The van der Waals surface area contributed by atoms with Gasteiger partial charge in [-0.2, -0.15) is 0 Å². The van der Waals surface area contributed by atoms with Crippen molar-refractivity contribution < 1.29 is 13.3 Å². The number of dihydropyridines is 1. The quantitative estimate of drug-likeness (QED) is 0.624. The van der Waals surface area contributed by atoms with E-state index in [2.05, 4.69) is 10.3 Å². The Morgan fingerprint density at radius 2 is 1.96 bits per heavy atom. The van der Waals surface area contributed by atoms with E-state index in [9.17, 15) is 14.3 Å². The van der Waals surface area contributed by atoms with Gasteiger partial charge in [-0.05, 0) is 31.5 Å². The predicted octanol–water partition coefficient (Wildman–Crippen LogP) is 3.65. The number of nitro benzene ring substituents is 1. The van der Waals surface area contributed by atoms with Gasteiger partial charge >= 0.3 is 0 Å². The maximum atomic E-state index is 12.7. The van der Waals surface area contributed by atoms with Crippen molar-refractivity contribution in [1.82, 2.24) is 10.3 Å². The Hall–Kier alpha value is -2.84. The molecule has 1 N–H and O–H groups in total. The Labute approximate surface area is 159 Å². The SMILES string of the molecule is COS(=O)C1=C(C)NC(C)=C(c2ccccn2)C1c1cccc([N+](=O)[O-])c1. The van der Waals surface area contributed by atoms with Crippen molar-refractivity contribution in [1.29, 1.82) is 0 Å². The Morgan fingerprint density at radius 3 is 2.59 bits per heavy atom. The van der Waals surface area contributed by atoms with Crippen molar-refractivity contribution in [2.75, 3.05) is 7.11 Å². The first-order valence-electron chi connectivity index (χ1n) is 8.24. The summed E-state index contributed by atoms with van der Waals surface area (Å²) in [6, 6.07) is 11.9. The number of benzene rings is 1. The number of nitro groups is 1. The minimum Gasteiger partial charge on any atom is -0.362 e.